The zero-order chi connectivity index (χ0) is 10.8. The maximum Gasteiger partial charge on any atom is 0.177 e. The van der Waals surface area contributed by atoms with Gasteiger partial charge in [0.15, 0.2) is 5.78 Å². The van der Waals surface area contributed by atoms with Crippen LogP contribution in [0.25, 0.3) is 0 Å². The second-order valence-corrected chi connectivity index (χ2v) is 3.79. The van der Waals surface area contributed by atoms with Crippen LogP contribution in [0.4, 0.5) is 5.69 Å². The molecule has 1 aromatic carbocycles. The Hall–Kier alpha value is -1.35. The van der Waals surface area contributed by atoms with Gasteiger partial charge in [-0.1, -0.05) is 0 Å². The fourth-order valence-electron chi connectivity index (χ4n) is 1.72. The number of nitrogens with one attached hydrogen (secondary N) is 1. The Morgan fingerprint density at radius 2 is 2.40 bits per heavy atom. The standard InChI is InChI=1S/C11H10ClNO2/c12-5-11(15)7-1-2-10-8(3-7)4-9(6-14)13-10/h1-3,6,9,13H,4-5H2. The summed E-state index contributed by atoms with van der Waals surface area (Å²) in [6, 6.07) is 5.18. The molecule has 1 aromatic rings. The van der Waals surface area contributed by atoms with Crippen LogP contribution in [0.15, 0.2) is 18.2 Å². The largest absolute Gasteiger partial charge is 0.375 e. The molecule has 4 heteroatoms. The minimum Gasteiger partial charge on any atom is -0.375 e. The van der Waals surface area contributed by atoms with Crippen molar-refractivity contribution in [3.63, 3.8) is 0 Å². The summed E-state index contributed by atoms with van der Waals surface area (Å²) in [6.45, 7) is 0. The fraction of sp³-hybridized carbons (Fsp3) is 0.273. The second kappa shape index (κ2) is 4.03. The molecule has 0 saturated heterocycles. The number of anilines is 1. The minimum atomic E-state index is -0.165. The lowest BCUT2D eigenvalue weighted by molar-refractivity contribution is -0.108. The molecule has 1 aliphatic heterocycles. The lowest BCUT2D eigenvalue weighted by Crippen LogP contribution is -2.15. The van der Waals surface area contributed by atoms with Crippen LogP contribution in [0, 0.1) is 0 Å². The van der Waals surface area contributed by atoms with Gasteiger partial charge in [0.2, 0.25) is 0 Å². The van der Waals surface area contributed by atoms with E-state index in [-0.39, 0.29) is 17.7 Å². The number of alkyl halides is 1. The fourth-order valence-corrected chi connectivity index (χ4v) is 1.88. The number of Topliss-reactive ketones (excluding diaryl/α,β-unsaturated/α-hetero) is 1. The first kappa shape index (κ1) is 10.2. The van der Waals surface area contributed by atoms with Gasteiger partial charge in [0.25, 0.3) is 0 Å². The van der Waals surface area contributed by atoms with Gasteiger partial charge in [-0.05, 0) is 23.8 Å². The highest BCUT2D eigenvalue weighted by Gasteiger charge is 2.20. The monoisotopic (exact) mass is 223 g/mol. The number of aldehydes is 1. The van der Waals surface area contributed by atoms with Crippen molar-refractivity contribution in [2.45, 2.75) is 12.5 Å². The smallest absolute Gasteiger partial charge is 0.177 e. The van der Waals surface area contributed by atoms with Gasteiger partial charge in [-0.2, -0.15) is 0 Å². The Morgan fingerprint density at radius 1 is 1.60 bits per heavy atom. The van der Waals surface area contributed by atoms with Crippen molar-refractivity contribution in [3.05, 3.63) is 29.3 Å². The molecule has 0 amide bonds. The van der Waals surface area contributed by atoms with E-state index in [1.165, 1.54) is 0 Å². The summed E-state index contributed by atoms with van der Waals surface area (Å²) in [7, 11) is 0. The van der Waals surface area contributed by atoms with Gasteiger partial charge in [-0.3, -0.25) is 4.79 Å². The molecular weight excluding hydrogens is 214 g/mol. The van der Waals surface area contributed by atoms with Gasteiger partial charge in [0.05, 0.1) is 11.9 Å². The number of carbonyl (C=O) groups is 2. The molecule has 0 saturated carbocycles. The van der Waals surface area contributed by atoms with E-state index in [4.69, 9.17) is 11.6 Å². The molecule has 0 spiro atoms. The SMILES string of the molecule is O=CC1Cc2cc(C(=O)CCl)ccc2N1. The molecule has 3 nitrogen and oxygen atoms in total. The number of carbonyl (C=O) groups excluding carboxylic acids is 2. The van der Waals surface area contributed by atoms with Crippen LogP contribution in [0.3, 0.4) is 0 Å². The van der Waals surface area contributed by atoms with E-state index in [1.807, 2.05) is 6.07 Å². The van der Waals surface area contributed by atoms with Gasteiger partial charge >= 0.3 is 0 Å². The van der Waals surface area contributed by atoms with Gasteiger partial charge in [0.1, 0.15) is 6.29 Å². The number of hydrogen-bond donors (Lipinski definition) is 1. The van der Waals surface area contributed by atoms with Crippen LogP contribution < -0.4 is 5.32 Å². The molecule has 1 heterocycles. The molecule has 0 fully saturated rings. The molecule has 78 valence electrons. The highest BCUT2D eigenvalue weighted by Crippen LogP contribution is 2.26. The first-order chi connectivity index (χ1) is 7.24. The zero-order valence-electron chi connectivity index (χ0n) is 8.00. The number of hydrogen-bond acceptors (Lipinski definition) is 3. The third-order valence-corrected chi connectivity index (χ3v) is 2.74. The van der Waals surface area contributed by atoms with Gasteiger partial charge in [-0.25, -0.2) is 0 Å². The summed E-state index contributed by atoms with van der Waals surface area (Å²) in [5, 5.41) is 3.06. The summed E-state index contributed by atoms with van der Waals surface area (Å²) >= 11 is 5.47. The molecular formula is C11H10ClNO2. The van der Waals surface area contributed by atoms with Gasteiger partial charge in [0, 0.05) is 17.7 Å². The zero-order valence-corrected chi connectivity index (χ0v) is 8.75. The lowest BCUT2D eigenvalue weighted by atomic mass is 10.0. The topological polar surface area (TPSA) is 46.2 Å². The van der Waals surface area contributed by atoms with Crippen molar-refractivity contribution in [2.75, 3.05) is 11.2 Å². The Bertz CT molecular complexity index is 417. The number of fused-ring (bicyclic) bond motifs is 1. The second-order valence-electron chi connectivity index (χ2n) is 3.52. The third-order valence-electron chi connectivity index (χ3n) is 2.49. The van der Waals surface area contributed by atoms with Gasteiger partial charge < -0.3 is 10.1 Å². The summed E-state index contributed by atoms with van der Waals surface area (Å²) in [4.78, 5) is 21.9. The van der Waals surface area contributed by atoms with Crippen LogP contribution in [0.2, 0.25) is 0 Å². The number of benzene rings is 1. The maximum absolute atomic E-state index is 11.3. The Balaban J connectivity index is 2.30. The highest BCUT2D eigenvalue weighted by molar-refractivity contribution is 6.30. The minimum absolute atomic E-state index is 0.0106. The third kappa shape index (κ3) is 1.88. The molecule has 0 bridgehead atoms. The average molecular weight is 224 g/mol. The molecule has 2 rings (SSSR count). The molecule has 0 radical (unpaired) electrons. The molecule has 0 aromatic heterocycles. The molecule has 1 unspecified atom stereocenters. The van der Waals surface area contributed by atoms with Crippen molar-refractivity contribution in [3.8, 4) is 0 Å². The van der Waals surface area contributed by atoms with Gasteiger partial charge in [-0.15, -0.1) is 11.6 Å². The van der Waals surface area contributed by atoms with E-state index >= 15 is 0 Å². The number of halogens is 1. The van der Waals surface area contributed by atoms with Crippen molar-refractivity contribution in [1.82, 2.24) is 0 Å². The summed E-state index contributed by atoms with van der Waals surface area (Å²) in [6.07, 6.45) is 1.52. The first-order valence-electron chi connectivity index (χ1n) is 4.68. The van der Waals surface area contributed by atoms with Crippen molar-refractivity contribution >= 4 is 29.4 Å². The first-order valence-corrected chi connectivity index (χ1v) is 5.22. The van der Waals surface area contributed by atoms with Crippen LogP contribution >= 0.6 is 11.6 Å². The van der Waals surface area contributed by atoms with E-state index in [9.17, 15) is 9.59 Å². The normalized spacial score (nSPS) is 18.1. The average Bonchev–Trinajstić information content (AvgIpc) is 2.69. The van der Waals surface area contributed by atoms with Crippen LogP contribution in [0.5, 0.6) is 0 Å². The van der Waals surface area contributed by atoms with Crippen molar-refractivity contribution < 1.29 is 9.59 Å². The quantitative estimate of drug-likeness (QED) is 0.482. The Labute approximate surface area is 92.4 Å². The highest BCUT2D eigenvalue weighted by atomic mass is 35.5. The van der Waals surface area contributed by atoms with E-state index < -0.39 is 0 Å². The van der Waals surface area contributed by atoms with Crippen LogP contribution in [0.1, 0.15) is 15.9 Å². The van der Waals surface area contributed by atoms with Crippen molar-refractivity contribution in [2.24, 2.45) is 0 Å². The Kier molecular flexibility index (Phi) is 2.73. The molecule has 15 heavy (non-hydrogen) atoms. The predicted molar refractivity (Wildman–Crippen MR) is 58.7 cm³/mol. The number of ketones is 1. The van der Waals surface area contributed by atoms with E-state index in [2.05, 4.69) is 5.32 Å². The summed E-state index contributed by atoms with van der Waals surface area (Å²) < 4.78 is 0. The summed E-state index contributed by atoms with van der Waals surface area (Å²) in [5.74, 6) is -0.0995. The van der Waals surface area contributed by atoms with Crippen LogP contribution in [-0.4, -0.2) is 24.0 Å². The number of rotatable bonds is 3. The lowest BCUT2D eigenvalue weighted by Gasteiger charge is -2.02. The molecule has 0 aliphatic carbocycles. The molecule has 1 atom stereocenters. The van der Waals surface area contributed by atoms with Crippen LogP contribution in [-0.2, 0) is 11.2 Å². The van der Waals surface area contributed by atoms with E-state index in [0.29, 0.717) is 12.0 Å². The Morgan fingerprint density at radius 3 is 3.07 bits per heavy atom. The molecule has 1 aliphatic rings. The van der Waals surface area contributed by atoms with Crippen molar-refractivity contribution in [1.29, 1.82) is 0 Å². The van der Waals surface area contributed by atoms with E-state index in [0.717, 1.165) is 17.5 Å². The summed E-state index contributed by atoms with van der Waals surface area (Å²) in [5.41, 5.74) is 2.54. The van der Waals surface area contributed by atoms with E-state index in [1.54, 1.807) is 12.1 Å². The maximum atomic E-state index is 11.3. The predicted octanol–water partition coefficient (Wildman–Crippen LogP) is 1.64. The molecule has 1 N–H and O–H groups in total.